The van der Waals surface area contributed by atoms with Gasteiger partial charge in [-0.3, -0.25) is 0 Å². The number of rotatable bonds is 6. The van der Waals surface area contributed by atoms with Crippen molar-refractivity contribution < 1.29 is 9.47 Å². The van der Waals surface area contributed by atoms with Gasteiger partial charge in [0.15, 0.2) is 0 Å². The lowest BCUT2D eigenvalue weighted by Gasteiger charge is -2.11. The molecule has 0 aliphatic rings. The highest BCUT2D eigenvalue weighted by Gasteiger charge is 2.11. The first-order valence-corrected chi connectivity index (χ1v) is 7.83. The van der Waals surface area contributed by atoms with Crippen LogP contribution in [-0.2, 0) is 19.7 Å². The molecule has 4 heteroatoms. The van der Waals surface area contributed by atoms with Gasteiger partial charge in [0.25, 0.3) is 0 Å². The quantitative estimate of drug-likeness (QED) is 0.755. The summed E-state index contributed by atoms with van der Waals surface area (Å²) in [6, 6.07) is 16.1. The molecular weight excluding hydrogens is 288 g/mol. The summed E-state index contributed by atoms with van der Waals surface area (Å²) in [5.41, 5.74) is 9.42. The van der Waals surface area contributed by atoms with E-state index in [1.54, 1.807) is 7.11 Å². The van der Waals surface area contributed by atoms with Crippen molar-refractivity contribution in [2.75, 3.05) is 7.11 Å². The predicted molar refractivity (Wildman–Crippen MR) is 92.8 cm³/mol. The van der Waals surface area contributed by atoms with Gasteiger partial charge in [0.05, 0.1) is 18.3 Å². The van der Waals surface area contributed by atoms with Crippen molar-refractivity contribution in [2.45, 2.75) is 26.6 Å². The maximum absolute atomic E-state index is 5.93. The minimum Gasteiger partial charge on any atom is -0.497 e. The summed E-state index contributed by atoms with van der Waals surface area (Å²) in [5, 5.41) is 1.21. The van der Waals surface area contributed by atoms with Crippen molar-refractivity contribution >= 4 is 10.9 Å². The van der Waals surface area contributed by atoms with Crippen LogP contribution in [0.1, 0.15) is 18.2 Å². The standard InChI is InChI=1S/C19H22N2O2/c1-3-21-16(11-14-5-4-6-15(12-20)19(14)21)13-23-18-9-7-17(22-2)8-10-18/h4-11H,3,12-13,20H2,1-2H3. The fraction of sp³-hybridized carbons (Fsp3) is 0.263. The molecule has 4 nitrogen and oxygen atoms in total. The Morgan fingerprint density at radius 3 is 2.43 bits per heavy atom. The molecule has 0 atom stereocenters. The Bertz CT molecular complexity index is 791. The number of ether oxygens (including phenoxy) is 2. The lowest BCUT2D eigenvalue weighted by molar-refractivity contribution is 0.295. The number of aryl methyl sites for hydroxylation is 1. The summed E-state index contributed by atoms with van der Waals surface area (Å²) in [6.07, 6.45) is 0. The molecule has 23 heavy (non-hydrogen) atoms. The Labute approximate surface area is 136 Å². The SMILES string of the molecule is CCn1c(COc2ccc(OC)cc2)cc2cccc(CN)c21. The Morgan fingerprint density at radius 1 is 1.04 bits per heavy atom. The number of fused-ring (bicyclic) bond motifs is 1. The Balaban J connectivity index is 1.87. The number of methoxy groups -OCH3 is 1. The van der Waals surface area contributed by atoms with E-state index < -0.39 is 0 Å². The molecule has 0 amide bonds. The summed E-state index contributed by atoms with van der Waals surface area (Å²) in [6.45, 7) is 4.10. The Morgan fingerprint density at radius 2 is 1.78 bits per heavy atom. The molecule has 1 heterocycles. The molecule has 3 aromatic rings. The van der Waals surface area contributed by atoms with Gasteiger partial charge >= 0.3 is 0 Å². The average Bonchev–Trinajstić information content (AvgIpc) is 2.97. The molecular formula is C19H22N2O2. The van der Waals surface area contributed by atoms with Gasteiger partial charge < -0.3 is 19.8 Å². The third kappa shape index (κ3) is 3.03. The highest BCUT2D eigenvalue weighted by atomic mass is 16.5. The summed E-state index contributed by atoms with van der Waals surface area (Å²) in [7, 11) is 1.66. The van der Waals surface area contributed by atoms with Gasteiger partial charge in [0.1, 0.15) is 18.1 Å². The number of aromatic nitrogens is 1. The lowest BCUT2D eigenvalue weighted by Crippen LogP contribution is -2.07. The smallest absolute Gasteiger partial charge is 0.128 e. The van der Waals surface area contributed by atoms with E-state index in [-0.39, 0.29) is 0 Å². The van der Waals surface area contributed by atoms with Crippen LogP contribution < -0.4 is 15.2 Å². The van der Waals surface area contributed by atoms with Crippen molar-refractivity contribution in [3.05, 3.63) is 59.8 Å². The van der Waals surface area contributed by atoms with E-state index >= 15 is 0 Å². The zero-order chi connectivity index (χ0) is 16.2. The maximum atomic E-state index is 5.93. The Hall–Kier alpha value is -2.46. The normalized spacial score (nSPS) is 10.9. The summed E-state index contributed by atoms with van der Waals surface area (Å²) >= 11 is 0. The molecule has 0 saturated heterocycles. The van der Waals surface area contributed by atoms with Gasteiger partial charge in [-0.2, -0.15) is 0 Å². The van der Waals surface area contributed by atoms with Crippen LogP contribution >= 0.6 is 0 Å². The van der Waals surface area contributed by atoms with E-state index in [2.05, 4.69) is 35.8 Å². The van der Waals surface area contributed by atoms with Crippen LogP contribution in [0.3, 0.4) is 0 Å². The number of benzene rings is 2. The minimum absolute atomic E-state index is 0.527. The Kier molecular flexibility index (Phi) is 4.53. The molecule has 3 rings (SSSR count). The summed E-state index contributed by atoms with van der Waals surface area (Å²) in [5.74, 6) is 1.66. The van der Waals surface area contributed by atoms with E-state index in [4.69, 9.17) is 15.2 Å². The molecule has 0 saturated carbocycles. The highest BCUT2D eigenvalue weighted by Crippen LogP contribution is 2.25. The summed E-state index contributed by atoms with van der Waals surface area (Å²) in [4.78, 5) is 0. The van der Waals surface area contributed by atoms with E-state index in [0.717, 1.165) is 23.7 Å². The second-order valence-corrected chi connectivity index (χ2v) is 5.40. The van der Waals surface area contributed by atoms with Gasteiger partial charge in [0, 0.05) is 18.5 Å². The van der Waals surface area contributed by atoms with E-state index in [1.807, 2.05) is 24.3 Å². The molecule has 0 bridgehead atoms. The molecule has 2 aromatic carbocycles. The number of hydrogen-bond acceptors (Lipinski definition) is 3. The van der Waals surface area contributed by atoms with Crippen LogP contribution in [0, 0.1) is 0 Å². The topological polar surface area (TPSA) is 49.4 Å². The van der Waals surface area contributed by atoms with Crippen LogP contribution in [-0.4, -0.2) is 11.7 Å². The first-order chi connectivity index (χ1) is 11.3. The molecule has 0 spiro atoms. The average molecular weight is 310 g/mol. The van der Waals surface area contributed by atoms with Crippen LogP contribution in [0.25, 0.3) is 10.9 Å². The second kappa shape index (κ2) is 6.75. The molecule has 0 unspecified atom stereocenters. The lowest BCUT2D eigenvalue weighted by atomic mass is 10.1. The van der Waals surface area contributed by atoms with Crippen LogP contribution in [0.15, 0.2) is 48.5 Å². The van der Waals surface area contributed by atoms with Crippen LogP contribution in [0.2, 0.25) is 0 Å². The maximum Gasteiger partial charge on any atom is 0.128 e. The molecule has 0 fully saturated rings. The molecule has 0 radical (unpaired) electrons. The van der Waals surface area contributed by atoms with Crippen molar-refractivity contribution in [2.24, 2.45) is 5.73 Å². The van der Waals surface area contributed by atoms with Crippen molar-refractivity contribution in [1.82, 2.24) is 4.57 Å². The van der Waals surface area contributed by atoms with Gasteiger partial charge in [-0.25, -0.2) is 0 Å². The zero-order valence-electron chi connectivity index (χ0n) is 13.6. The van der Waals surface area contributed by atoms with E-state index in [9.17, 15) is 0 Å². The largest absolute Gasteiger partial charge is 0.497 e. The molecule has 0 aliphatic heterocycles. The van der Waals surface area contributed by atoms with Gasteiger partial charge in [-0.05, 0) is 42.8 Å². The van der Waals surface area contributed by atoms with Crippen molar-refractivity contribution in [3.63, 3.8) is 0 Å². The number of nitrogens with zero attached hydrogens (tertiary/aromatic N) is 1. The highest BCUT2D eigenvalue weighted by molar-refractivity contribution is 5.84. The zero-order valence-corrected chi connectivity index (χ0v) is 13.6. The van der Waals surface area contributed by atoms with Gasteiger partial charge in [-0.1, -0.05) is 18.2 Å². The molecule has 1 aromatic heterocycles. The predicted octanol–water partition coefficient (Wildman–Crippen LogP) is 3.71. The fourth-order valence-electron chi connectivity index (χ4n) is 2.93. The van der Waals surface area contributed by atoms with Crippen molar-refractivity contribution in [1.29, 1.82) is 0 Å². The number of nitrogens with two attached hydrogens (primary N) is 1. The van der Waals surface area contributed by atoms with E-state index in [0.29, 0.717) is 13.2 Å². The van der Waals surface area contributed by atoms with Gasteiger partial charge in [0.2, 0.25) is 0 Å². The van der Waals surface area contributed by atoms with E-state index in [1.165, 1.54) is 16.5 Å². The van der Waals surface area contributed by atoms with Crippen molar-refractivity contribution in [3.8, 4) is 11.5 Å². The third-order valence-electron chi connectivity index (χ3n) is 4.07. The number of para-hydroxylation sites is 1. The second-order valence-electron chi connectivity index (χ2n) is 5.40. The molecule has 0 aliphatic carbocycles. The third-order valence-corrected chi connectivity index (χ3v) is 4.07. The first-order valence-electron chi connectivity index (χ1n) is 7.83. The first kappa shape index (κ1) is 15.4. The van der Waals surface area contributed by atoms with Crippen LogP contribution in [0.5, 0.6) is 11.5 Å². The molecule has 120 valence electrons. The molecule has 2 N–H and O–H groups in total. The van der Waals surface area contributed by atoms with Crippen LogP contribution in [0.4, 0.5) is 0 Å². The summed E-state index contributed by atoms with van der Waals surface area (Å²) < 4.78 is 13.4. The number of hydrogen-bond donors (Lipinski definition) is 1. The fourth-order valence-corrected chi connectivity index (χ4v) is 2.93. The minimum atomic E-state index is 0.527. The van der Waals surface area contributed by atoms with Gasteiger partial charge in [-0.15, -0.1) is 0 Å². The monoisotopic (exact) mass is 310 g/mol.